The van der Waals surface area contributed by atoms with Gasteiger partial charge in [-0.25, -0.2) is 0 Å². The van der Waals surface area contributed by atoms with E-state index in [4.69, 9.17) is 5.73 Å². The molecule has 3 N–H and O–H groups in total. The minimum absolute atomic E-state index is 0.101. The van der Waals surface area contributed by atoms with Gasteiger partial charge in [-0.1, -0.05) is 13.8 Å². The van der Waals surface area contributed by atoms with Crippen LogP contribution in [0.25, 0.3) is 0 Å². The van der Waals surface area contributed by atoms with Crippen LogP contribution in [0, 0.1) is 11.8 Å². The molecule has 1 aliphatic heterocycles. The van der Waals surface area contributed by atoms with E-state index >= 15 is 0 Å². The average molecular weight is 255 g/mol. The van der Waals surface area contributed by atoms with Gasteiger partial charge in [-0.15, -0.1) is 0 Å². The van der Waals surface area contributed by atoms with Crippen molar-refractivity contribution in [3.05, 3.63) is 0 Å². The topological polar surface area (TPSA) is 58.4 Å². The fourth-order valence-corrected chi connectivity index (χ4v) is 2.48. The molecule has 0 radical (unpaired) electrons. The summed E-state index contributed by atoms with van der Waals surface area (Å²) in [6.07, 6.45) is 4.26. The van der Waals surface area contributed by atoms with Crippen LogP contribution in [0.3, 0.4) is 0 Å². The molecule has 1 fully saturated rings. The van der Waals surface area contributed by atoms with Crippen molar-refractivity contribution >= 4 is 5.91 Å². The third kappa shape index (κ3) is 5.36. The van der Waals surface area contributed by atoms with E-state index in [2.05, 4.69) is 17.1 Å². The predicted octanol–water partition coefficient (Wildman–Crippen LogP) is 1.21. The first-order valence-electron chi connectivity index (χ1n) is 7.37. The van der Waals surface area contributed by atoms with Crippen LogP contribution in [-0.4, -0.2) is 43.5 Å². The fraction of sp³-hybridized carbons (Fsp3) is 0.929. The maximum atomic E-state index is 11.8. The van der Waals surface area contributed by atoms with E-state index in [1.165, 1.54) is 25.9 Å². The molecule has 0 aromatic heterocycles. The highest BCUT2D eigenvalue weighted by Crippen LogP contribution is 2.16. The highest BCUT2D eigenvalue weighted by atomic mass is 16.1. The Balaban J connectivity index is 2.15. The lowest BCUT2D eigenvalue weighted by Crippen LogP contribution is -2.39. The zero-order chi connectivity index (χ0) is 13.4. The SMILES string of the molecule is CCN1CCC(CNC(=O)C(C)CCCN)CC1. The van der Waals surface area contributed by atoms with E-state index in [9.17, 15) is 4.79 Å². The second-order valence-corrected chi connectivity index (χ2v) is 5.45. The van der Waals surface area contributed by atoms with E-state index in [1.807, 2.05) is 6.92 Å². The van der Waals surface area contributed by atoms with Crippen molar-refractivity contribution < 1.29 is 4.79 Å². The number of nitrogens with two attached hydrogens (primary N) is 1. The lowest BCUT2D eigenvalue weighted by Gasteiger charge is -2.31. The lowest BCUT2D eigenvalue weighted by molar-refractivity contribution is -0.124. The highest BCUT2D eigenvalue weighted by molar-refractivity contribution is 5.78. The molecule has 18 heavy (non-hydrogen) atoms. The van der Waals surface area contributed by atoms with Crippen LogP contribution in [0.15, 0.2) is 0 Å². The molecule has 0 aromatic carbocycles. The smallest absolute Gasteiger partial charge is 0.222 e. The molecule has 1 amide bonds. The van der Waals surface area contributed by atoms with Gasteiger partial charge in [0.05, 0.1) is 0 Å². The number of hydrogen-bond acceptors (Lipinski definition) is 3. The summed E-state index contributed by atoms with van der Waals surface area (Å²) in [4.78, 5) is 14.3. The maximum absolute atomic E-state index is 11.8. The summed E-state index contributed by atoms with van der Waals surface area (Å²) >= 11 is 0. The molecule has 1 unspecified atom stereocenters. The summed E-state index contributed by atoms with van der Waals surface area (Å²) in [5.41, 5.74) is 5.46. The number of carbonyl (C=O) groups excluding carboxylic acids is 1. The minimum Gasteiger partial charge on any atom is -0.356 e. The molecule has 0 aromatic rings. The molecule has 0 spiro atoms. The van der Waals surface area contributed by atoms with Crippen molar-refractivity contribution in [1.82, 2.24) is 10.2 Å². The molecule has 0 aliphatic carbocycles. The summed E-state index contributed by atoms with van der Waals surface area (Å²) in [6, 6.07) is 0. The lowest BCUT2D eigenvalue weighted by atomic mass is 9.96. The second kappa shape index (κ2) is 8.48. The Kier molecular flexibility index (Phi) is 7.28. The molecule has 4 heteroatoms. The normalized spacial score (nSPS) is 19.7. The first-order chi connectivity index (χ1) is 8.67. The Morgan fingerprint density at radius 3 is 2.67 bits per heavy atom. The molecule has 1 rings (SSSR count). The summed E-state index contributed by atoms with van der Waals surface area (Å²) in [7, 11) is 0. The zero-order valence-corrected chi connectivity index (χ0v) is 12.0. The Bertz CT molecular complexity index is 237. The molecule has 0 saturated carbocycles. The number of carbonyl (C=O) groups is 1. The molecule has 4 nitrogen and oxygen atoms in total. The minimum atomic E-state index is 0.101. The number of nitrogens with one attached hydrogen (secondary N) is 1. The molecule has 1 heterocycles. The second-order valence-electron chi connectivity index (χ2n) is 5.45. The molecule has 1 saturated heterocycles. The van der Waals surface area contributed by atoms with E-state index in [0.717, 1.165) is 25.9 Å². The van der Waals surface area contributed by atoms with Gasteiger partial charge in [0.25, 0.3) is 0 Å². The van der Waals surface area contributed by atoms with Gasteiger partial charge in [0.15, 0.2) is 0 Å². The first-order valence-corrected chi connectivity index (χ1v) is 7.37. The summed E-state index contributed by atoms with van der Waals surface area (Å²) in [5, 5.41) is 3.10. The molecular weight excluding hydrogens is 226 g/mol. The largest absolute Gasteiger partial charge is 0.356 e. The van der Waals surface area contributed by atoms with Crippen LogP contribution >= 0.6 is 0 Å². The average Bonchev–Trinajstić information content (AvgIpc) is 2.42. The van der Waals surface area contributed by atoms with Crippen LogP contribution in [0.1, 0.15) is 39.5 Å². The van der Waals surface area contributed by atoms with E-state index in [0.29, 0.717) is 12.5 Å². The zero-order valence-electron chi connectivity index (χ0n) is 12.0. The fourth-order valence-electron chi connectivity index (χ4n) is 2.48. The van der Waals surface area contributed by atoms with Gasteiger partial charge in [0, 0.05) is 12.5 Å². The third-order valence-electron chi connectivity index (χ3n) is 4.01. The van der Waals surface area contributed by atoms with E-state index in [-0.39, 0.29) is 11.8 Å². The highest BCUT2D eigenvalue weighted by Gasteiger charge is 2.19. The van der Waals surface area contributed by atoms with E-state index in [1.54, 1.807) is 0 Å². The van der Waals surface area contributed by atoms with Crippen molar-refractivity contribution in [1.29, 1.82) is 0 Å². The molecule has 0 bridgehead atoms. The van der Waals surface area contributed by atoms with Crippen LogP contribution in [0.5, 0.6) is 0 Å². The molecular formula is C14H29N3O. The van der Waals surface area contributed by atoms with Crippen molar-refractivity contribution in [3.63, 3.8) is 0 Å². The summed E-state index contributed by atoms with van der Waals surface area (Å²) in [6.45, 7) is 9.23. The van der Waals surface area contributed by atoms with Crippen LogP contribution < -0.4 is 11.1 Å². The number of amides is 1. The van der Waals surface area contributed by atoms with E-state index < -0.39 is 0 Å². The molecule has 106 valence electrons. The number of rotatable bonds is 7. The van der Waals surface area contributed by atoms with Crippen molar-refractivity contribution in [3.8, 4) is 0 Å². The van der Waals surface area contributed by atoms with Gasteiger partial charge in [-0.05, 0) is 57.8 Å². The van der Waals surface area contributed by atoms with Crippen LogP contribution in [0.4, 0.5) is 0 Å². The van der Waals surface area contributed by atoms with Gasteiger partial charge >= 0.3 is 0 Å². The maximum Gasteiger partial charge on any atom is 0.222 e. The summed E-state index contributed by atoms with van der Waals surface area (Å²) < 4.78 is 0. The third-order valence-corrected chi connectivity index (χ3v) is 4.01. The summed E-state index contributed by atoms with van der Waals surface area (Å²) in [5.74, 6) is 0.962. The Morgan fingerprint density at radius 1 is 1.44 bits per heavy atom. The first kappa shape index (κ1) is 15.4. The Morgan fingerprint density at radius 2 is 2.11 bits per heavy atom. The number of piperidine rings is 1. The number of nitrogens with zero attached hydrogens (tertiary/aromatic N) is 1. The Labute approximate surface area is 111 Å². The quantitative estimate of drug-likeness (QED) is 0.719. The Hall–Kier alpha value is -0.610. The van der Waals surface area contributed by atoms with Gasteiger partial charge in [-0.3, -0.25) is 4.79 Å². The number of likely N-dealkylation sites (tertiary alicyclic amines) is 1. The van der Waals surface area contributed by atoms with Crippen molar-refractivity contribution in [2.45, 2.75) is 39.5 Å². The monoisotopic (exact) mass is 255 g/mol. The predicted molar refractivity (Wildman–Crippen MR) is 75.3 cm³/mol. The van der Waals surface area contributed by atoms with Gasteiger partial charge in [-0.2, -0.15) is 0 Å². The van der Waals surface area contributed by atoms with Crippen molar-refractivity contribution in [2.24, 2.45) is 17.6 Å². The number of hydrogen-bond donors (Lipinski definition) is 2. The van der Waals surface area contributed by atoms with Gasteiger partial charge in [0.1, 0.15) is 0 Å². The van der Waals surface area contributed by atoms with Crippen molar-refractivity contribution in [2.75, 3.05) is 32.7 Å². The molecule has 1 atom stereocenters. The van der Waals surface area contributed by atoms with Crippen LogP contribution in [-0.2, 0) is 4.79 Å². The van der Waals surface area contributed by atoms with Gasteiger partial charge < -0.3 is 16.0 Å². The van der Waals surface area contributed by atoms with Gasteiger partial charge in [0.2, 0.25) is 5.91 Å². The molecule has 1 aliphatic rings. The standard InChI is InChI=1S/C14H29N3O/c1-3-17-9-6-13(7-10-17)11-16-14(18)12(2)5-4-8-15/h12-13H,3-11,15H2,1-2H3,(H,16,18). The van der Waals surface area contributed by atoms with Crippen LogP contribution in [0.2, 0.25) is 0 Å².